The molecule has 2 rings (SSSR count). The minimum Gasteiger partial charge on any atom is -0.375 e. The fourth-order valence-corrected chi connectivity index (χ4v) is 2.94. The zero-order valence-corrected chi connectivity index (χ0v) is 15.2. The summed E-state index contributed by atoms with van der Waals surface area (Å²) in [7, 11) is 1.52. The average Bonchev–Trinajstić information content (AvgIpc) is 2.74. The highest BCUT2D eigenvalue weighted by Gasteiger charge is 2.26. The van der Waals surface area contributed by atoms with Crippen LogP contribution in [0.3, 0.4) is 0 Å². The number of hydrogen-bond donors (Lipinski definition) is 2. The number of ether oxygens (including phenoxy) is 2. The van der Waals surface area contributed by atoms with Gasteiger partial charge >= 0.3 is 0 Å². The van der Waals surface area contributed by atoms with E-state index < -0.39 is 0 Å². The molecule has 1 heterocycles. The highest BCUT2D eigenvalue weighted by Crippen LogP contribution is 2.29. The van der Waals surface area contributed by atoms with E-state index >= 15 is 0 Å². The molecule has 0 spiro atoms. The van der Waals surface area contributed by atoms with Crippen LogP contribution in [0.15, 0.2) is 18.2 Å². The molecule has 5 nitrogen and oxygen atoms in total. The summed E-state index contributed by atoms with van der Waals surface area (Å²) in [5.74, 6) is 0.104. The van der Waals surface area contributed by atoms with Gasteiger partial charge in [-0.25, -0.2) is 0 Å². The van der Waals surface area contributed by atoms with Crippen LogP contribution < -0.4 is 10.6 Å². The van der Waals surface area contributed by atoms with Crippen molar-refractivity contribution in [3.63, 3.8) is 0 Å². The first-order valence-corrected chi connectivity index (χ1v) is 8.53. The first-order chi connectivity index (χ1) is 10.6. The van der Waals surface area contributed by atoms with Crippen molar-refractivity contribution in [2.45, 2.75) is 13.0 Å². The van der Waals surface area contributed by atoms with E-state index in [1.165, 1.54) is 21.8 Å². The van der Waals surface area contributed by atoms with E-state index in [1.807, 2.05) is 0 Å². The van der Waals surface area contributed by atoms with E-state index in [2.05, 4.69) is 58.3 Å². The van der Waals surface area contributed by atoms with Crippen LogP contribution in [-0.2, 0) is 14.3 Å². The van der Waals surface area contributed by atoms with Gasteiger partial charge in [0.25, 0.3) is 0 Å². The van der Waals surface area contributed by atoms with E-state index in [0.29, 0.717) is 13.2 Å². The average molecular weight is 418 g/mol. The molecule has 1 aliphatic rings. The summed E-state index contributed by atoms with van der Waals surface area (Å²) in [5.41, 5.74) is 2.42. The summed E-state index contributed by atoms with van der Waals surface area (Å²) in [6.45, 7) is 5.11. The van der Waals surface area contributed by atoms with Gasteiger partial charge in [0.1, 0.15) is 6.61 Å². The Morgan fingerprint density at radius 1 is 1.55 bits per heavy atom. The molecule has 1 aromatic rings. The van der Waals surface area contributed by atoms with Crippen LogP contribution in [0.2, 0.25) is 0 Å². The molecule has 1 saturated heterocycles. The second-order valence-corrected chi connectivity index (χ2v) is 6.66. The number of halogens is 1. The predicted molar refractivity (Wildman–Crippen MR) is 93.8 cm³/mol. The number of aryl methyl sites for hydroxylation is 1. The number of hydrogen-bond acceptors (Lipinski definition) is 4. The van der Waals surface area contributed by atoms with Gasteiger partial charge < -0.3 is 20.1 Å². The quantitative estimate of drug-likeness (QED) is 0.715. The van der Waals surface area contributed by atoms with Crippen molar-refractivity contribution in [1.82, 2.24) is 10.6 Å². The van der Waals surface area contributed by atoms with Crippen LogP contribution in [0.1, 0.15) is 17.2 Å². The number of methoxy groups -OCH3 is 1. The van der Waals surface area contributed by atoms with Crippen LogP contribution in [-0.4, -0.2) is 45.9 Å². The highest BCUT2D eigenvalue weighted by atomic mass is 127. The van der Waals surface area contributed by atoms with Gasteiger partial charge in [0.2, 0.25) is 5.91 Å². The molecule has 1 aromatic carbocycles. The van der Waals surface area contributed by atoms with Crippen molar-refractivity contribution >= 4 is 28.5 Å². The molecule has 6 heteroatoms. The number of amides is 1. The Morgan fingerprint density at radius 2 is 2.36 bits per heavy atom. The molecule has 2 N–H and O–H groups in total. The molecule has 2 unspecified atom stereocenters. The maximum atomic E-state index is 11.6. The number of carbonyl (C=O) groups excluding carboxylic acids is 1. The zero-order chi connectivity index (χ0) is 15.9. The minimum absolute atomic E-state index is 0.00598. The van der Waals surface area contributed by atoms with E-state index in [-0.39, 0.29) is 24.5 Å². The molecule has 122 valence electrons. The molecule has 1 fully saturated rings. The molecule has 1 aliphatic heterocycles. The SMILES string of the molecule is COCC(=O)NCC1CNCCOC1c1ccc(I)c(C)c1. The van der Waals surface area contributed by atoms with Crippen molar-refractivity contribution in [2.75, 3.05) is 40.0 Å². The molecule has 2 atom stereocenters. The molecule has 1 amide bonds. The van der Waals surface area contributed by atoms with Crippen molar-refractivity contribution < 1.29 is 14.3 Å². The van der Waals surface area contributed by atoms with Crippen LogP contribution in [0.4, 0.5) is 0 Å². The van der Waals surface area contributed by atoms with Crippen molar-refractivity contribution in [3.8, 4) is 0 Å². The van der Waals surface area contributed by atoms with Crippen LogP contribution in [0, 0.1) is 16.4 Å². The maximum absolute atomic E-state index is 11.6. The normalized spacial score (nSPS) is 22.1. The Bertz CT molecular complexity index is 510. The summed E-state index contributed by atoms with van der Waals surface area (Å²) in [6.07, 6.45) is -0.00598. The topological polar surface area (TPSA) is 59.6 Å². The highest BCUT2D eigenvalue weighted by molar-refractivity contribution is 14.1. The molecule has 22 heavy (non-hydrogen) atoms. The smallest absolute Gasteiger partial charge is 0.245 e. The van der Waals surface area contributed by atoms with E-state index in [4.69, 9.17) is 9.47 Å². The number of nitrogens with one attached hydrogen (secondary N) is 2. The van der Waals surface area contributed by atoms with Gasteiger partial charge in [-0.05, 0) is 46.7 Å². The zero-order valence-electron chi connectivity index (χ0n) is 13.0. The largest absolute Gasteiger partial charge is 0.375 e. The van der Waals surface area contributed by atoms with Gasteiger partial charge in [-0.15, -0.1) is 0 Å². The minimum atomic E-state index is -0.0933. The van der Waals surface area contributed by atoms with Gasteiger partial charge in [0, 0.05) is 36.2 Å². The Labute approximate surface area is 145 Å². The van der Waals surface area contributed by atoms with Crippen molar-refractivity contribution in [3.05, 3.63) is 32.9 Å². The second-order valence-electron chi connectivity index (χ2n) is 5.50. The number of carbonyl (C=O) groups is 1. The third kappa shape index (κ3) is 4.91. The van der Waals surface area contributed by atoms with Gasteiger partial charge in [0.15, 0.2) is 0 Å². The standard InChI is InChI=1S/C16H23IN2O3/c1-11-7-12(3-4-14(11)17)16-13(8-18-5-6-22-16)9-19-15(20)10-21-2/h3-4,7,13,16,18H,5-6,8-10H2,1-2H3,(H,19,20). The lowest BCUT2D eigenvalue weighted by atomic mass is 9.94. The predicted octanol–water partition coefficient (Wildman–Crippen LogP) is 1.64. The van der Waals surface area contributed by atoms with E-state index in [1.54, 1.807) is 0 Å². The maximum Gasteiger partial charge on any atom is 0.245 e. The summed E-state index contributed by atoms with van der Waals surface area (Å²) in [5, 5.41) is 6.29. The van der Waals surface area contributed by atoms with E-state index in [9.17, 15) is 4.79 Å². The summed E-state index contributed by atoms with van der Waals surface area (Å²) >= 11 is 2.34. The number of rotatable bonds is 5. The lowest BCUT2D eigenvalue weighted by molar-refractivity contribution is -0.125. The third-order valence-electron chi connectivity index (χ3n) is 3.76. The van der Waals surface area contributed by atoms with Crippen LogP contribution >= 0.6 is 22.6 Å². The Morgan fingerprint density at radius 3 is 3.09 bits per heavy atom. The van der Waals surface area contributed by atoms with Crippen LogP contribution in [0.25, 0.3) is 0 Å². The Balaban J connectivity index is 2.09. The van der Waals surface area contributed by atoms with Gasteiger partial charge in [-0.3, -0.25) is 4.79 Å². The summed E-state index contributed by atoms with van der Waals surface area (Å²) in [6, 6.07) is 6.42. The molecular formula is C16H23IN2O3. The molecule has 0 saturated carbocycles. The fraction of sp³-hybridized carbons (Fsp3) is 0.562. The second kappa shape index (κ2) is 8.81. The van der Waals surface area contributed by atoms with E-state index in [0.717, 1.165) is 13.1 Å². The first kappa shape index (κ1) is 17.7. The molecular weight excluding hydrogens is 395 g/mol. The lowest BCUT2D eigenvalue weighted by Crippen LogP contribution is -2.37. The number of benzene rings is 1. The molecule has 0 bridgehead atoms. The monoisotopic (exact) mass is 418 g/mol. The molecule has 0 radical (unpaired) electrons. The van der Waals surface area contributed by atoms with Gasteiger partial charge in [-0.1, -0.05) is 12.1 Å². The molecule has 0 aromatic heterocycles. The molecule has 0 aliphatic carbocycles. The van der Waals surface area contributed by atoms with Crippen molar-refractivity contribution in [2.24, 2.45) is 5.92 Å². The van der Waals surface area contributed by atoms with Gasteiger partial charge in [0.05, 0.1) is 12.7 Å². The van der Waals surface area contributed by atoms with Crippen LogP contribution in [0.5, 0.6) is 0 Å². The van der Waals surface area contributed by atoms with Gasteiger partial charge in [-0.2, -0.15) is 0 Å². The third-order valence-corrected chi connectivity index (χ3v) is 4.97. The van der Waals surface area contributed by atoms with Crippen molar-refractivity contribution in [1.29, 1.82) is 0 Å². The fourth-order valence-electron chi connectivity index (χ4n) is 2.61. The summed E-state index contributed by atoms with van der Waals surface area (Å²) in [4.78, 5) is 11.6. The first-order valence-electron chi connectivity index (χ1n) is 7.46. The Hall–Kier alpha value is -0.700. The lowest BCUT2D eigenvalue weighted by Gasteiger charge is -2.26. The Kier molecular flexibility index (Phi) is 7.07. The summed E-state index contributed by atoms with van der Waals surface area (Å²) < 4.78 is 12.1.